The molecule has 1 aliphatic rings. The number of rotatable bonds is 2. The first kappa shape index (κ1) is 13.9. The van der Waals surface area contributed by atoms with Crippen molar-refractivity contribution in [3.8, 4) is 0 Å². The molecule has 0 unspecified atom stereocenters. The highest BCUT2D eigenvalue weighted by atomic mass is 79.9. The van der Waals surface area contributed by atoms with Crippen LogP contribution in [0.3, 0.4) is 0 Å². The standard InChI is InChI=1S/C17H15BrN2O/c18-15-6-3-4-13(12-15)8-10-19-17(21)20-11-9-14-5-1-2-7-16(14)20/h1-8,10,12H,9,11H2,(H,19,21)/b10-8+. The Morgan fingerprint density at radius 1 is 1.19 bits per heavy atom. The first-order valence-corrected chi connectivity index (χ1v) is 7.61. The minimum absolute atomic E-state index is 0.0915. The number of hydrogen-bond acceptors (Lipinski definition) is 1. The quantitative estimate of drug-likeness (QED) is 0.871. The van der Waals surface area contributed by atoms with Gasteiger partial charge in [-0.05, 0) is 41.8 Å². The molecule has 0 aromatic heterocycles. The topological polar surface area (TPSA) is 32.3 Å². The van der Waals surface area contributed by atoms with Crippen LogP contribution in [0.15, 0.2) is 59.2 Å². The first-order chi connectivity index (χ1) is 10.2. The van der Waals surface area contributed by atoms with Gasteiger partial charge in [0.05, 0.1) is 0 Å². The van der Waals surface area contributed by atoms with Crippen molar-refractivity contribution in [3.63, 3.8) is 0 Å². The van der Waals surface area contributed by atoms with E-state index in [0.29, 0.717) is 0 Å². The zero-order valence-electron chi connectivity index (χ0n) is 11.4. The van der Waals surface area contributed by atoms with Crippen molar-refractivity contribution in [2.24, 2.45) is 0 Å². The van der Waals surface area contributed by atoms with E-state index in [1.54, 1.807) is 11.1 Å². The van der Waals surface area contributed by atoms with Crippen LogP contribution in [0.25, 0.3) is 6.08 Å². The van der Waals surface area contributed by atoms with Crippen molar-refractivity contribution in [2.75, 3.05) is 11.4 Å². The number of halogens is 1. The largest absolute Gasteiger partial charge is 0.325 e. The van der Waals surface area contributed by atoms with E-state index in [1.807, 2.05) is 48.5 Å². The van der Waals surface area contributed by atoms with Crippen molar-refractivity contribution in [2.45, 2.75) is 6.42 Å². The van der Waals surface area contributed by atoms with Crippen molar-refractivity contribution >= 4 is 33.7 Å². The van der Waals surface area contributed by atoms with E-state index in [4.69, 9.17) is 0 Å². The van der Waals surface area contributed by atoms with Gasteiger partial charge in [-0.3, -0.25) is 4.90 Å². The minimum Gasteiger partial charge on any atom is -0.314 e. The van der Waals surface area contributed by atoms with Gasteiger partial charge in [0.2, 0.25) is 0 Å². The Labute approximate surface area is 132 Å². The molecule has 21 heavy (non-hydrogen) atoms. The van der Waals surface area contributed by atoms with Crippen LogP contribution in [0.5, 0.6) is 0 Å². The van der Waals surface area contributed by atoms with E-state index < -0.39 is 0 Å². The predicted molar refractivity (Wildman–Crippen MR) is 89.2 cm³/mol. The van der Waals surface area contributed by atoms with Gasteiger partial charge in [0.15, 0.2) is 0 Å². The van der Waals surface area contributed by atoms with E-state index in [1.165, 1.54) is 5.56 Å². The van der Waals surface area contributed by atoms with Crippen molar-refractivity contribution in [1.29, 1.82) is 0 Å². The highest BCUT2D eigenvalue weighted by Gasteiger charge is 2.23. The van der Waals surface area contributed by atoms with Crippen LogP contribution in [0.4, 0.5) is 10.5 Å². The summed E-state index contributed by atoms with van der Waals surface area (Å²) in [6, 6.07) is 15.8. The molecule has 0 aliphatic carbocycles. The maximum atomic E-state index is 12.2. The van der Waals surface area contributed by atoms with Crippen LogP contribution >= 0.6 is 15.9 Å². The predicted octanol–water partition coefficient (Wildman–Crippen LogP) is 4.19. The average Bonchev–Trinajstić information content (AvgIpc) is 2.91. The third kappa shape index (κ3) is 3.16. The summed E-state index contributed by atoms with van der Waals surface area (Å²) < 4.78 is 1.02. The molecule has 0 spiro atoms. The fraction of sp³-hybridized carbons (Fsp3) is 0.118. The second-order valence-corrected chi connectivity index (χ2v) is 5.78. The number of para-hydroxylation sites is 1. The monoisotopic (exact) mass is 342 g/mol. The molecule has 4 heteroatoms. The molecule has 0 atom stereocenters. The normalized spacial score (nSPS) is 13.5. The summed E-state index contributed by atoms with van der Waals surface area (Å²) in [6.07, 6.45) is 4.48. The number of amides is 2. The molecule has 2 aromatic rings. The summed E-state index contributed by atoms with van der Waals surface area (Å²) in [7, 11) is 0. The second kappa shape index (κ2) is 6.14. The molecular formula is C17H15BrN2O. The van der Waals surface area contributed by atoms with Gasteiger partial charge in [-0.25, -0.2) is 4.79 Å². The summed E-state index contributed by atoms with van der Waals surface area (Å²) in [5.41, 5.74) is 3.26. The Morgan fingerprint density at radius 3 is 2.90 bits per heavy atom. The molecule has 0 bridgehead atoms. The molecule has 1 aliphatic heterocycles. The maximum Gasteiger partial charge on any atom is 0.325 e. The SMILES string of the molecule is O=C(N/C=C/c1cccc(Br)c1)N1CCc2ccccc21. The lowest BCUT2D eigenvalue weighted by Gasteiger charge is -2.16. The summed E-state index contributed by atoms with van der Waals surface area (Å²) in [5, 5.41) is 2.82. The molecule has 0 saturated heterocycles. The lowest BCUT2D eigenvalue weighted by atomic mass is 10.2. The van der Waals surface area contributed by atoms with Gasteiger partial charge in [0, 0.05) is 22.9 Å². The van der Waals surface area contributed by atoms with Crippen molar-refractivity contribution in [3.05, 3.63) is 70.3 Å². The van der Waals surface area contributed by atoms with Gasteiger partial charge in [0.25, 0.3) is 0 Å². The highest BCUT2D eigenvalue weighted by Crippen LogP contribution is 2.27. The molecular weight excluding hydrogens is 328 g/mol. The van der Waals surface area contributed by atoms with Gasteiger partial charge >= 0.3 is 6.03 Å². The zero-order valence-corrected chi connectivity index (χ0v) is 13.0. The number of benzene rings is 2. The molecule has 2 aromatic carbocycles. The van der Waals surface area contributed by atoms with Gasteiger partial charge in [0.1, 0.15) is 0 Å². The van der Waals surface area contributed by atoms with Gasteiger partial charge in [-0.1, -0.05) is 46.3 Å². The second-order valence-electron chi connectivity index (χ2n) is 4.87. The van der Waals surface area contributed by atoms with E-state index in [-0.39, 0.29) is 6.03 Å². The molecule has 0 saturated carbocycles. The third-order valence-electron chi connectivity index (χ3n) is 3.46. The number of anilines is 1. The van der Waals surface area contributed by atoms with Crippen LogP contribution in [0, 0.1) is 0 Å². The summed E-state index contributed by atoms with van der Waals surface area (Å²) in [6.45, 7) is 0.732. The lowest BCUT2D eigenvalue weighted by Crippen LogP contribution is -2.36. The Kier molecular flexibility index (Phi) is 4.06. The van der Waals surface area contributed by atoms with Crippen molar-refractivity contribution in [1.82, 2.24) is 5.32 Å². The lowest BCUT2D eigenvalue weighted by molar-refractivity contribution is 0.250. The van der Waals surface area contributed by atoms with Gasteiger partial charge in [-0.15, -0.1) is 0 Å². The molecule has 106 valence electrons. The van der Waals surface area contributed by atoms with Crippen LogP contribution in [-0.4, -0.2) is 12.6 Å². The molecule has 2 amide bonds. The summed E-state index contributed by atoms with van der Waals surface area (Å²) in [4.78, 5) is 14.0. The smallest absolute Gasteiger partial charge is 0.314 e. The van der Waals surface area contributed by atoms with Crippen LogP contribution in [-0.2, 0) is 6.42 Å². The molecule has 0 fully saturated rings. The van der Waals surface area contributed by atoms with E-state index in [0.717, 1.165) is 28.7 Å². The molecule has 1 heterocycles. The molecule has 3 rings (SSSR count). The molecule has 3 nitrogen and oxygen atoms in total. The minimum atomic E-state index is -0.0915. The first-order valence-electron chi connectivity index (χ1n) is 6.82. The Hall–Kier alpha value is -2.07. The van der Waals surface area contributed by atoms with E-state index >= 15 is 0 Å². The van der Waals surface area contributed by atoms with E-state index in [9.17, 15) is 4.79 Å². The average molecular weight is 343 g/mol. The van der Waals surface area contributed by atoms with Gasteiger partial charge in [-0.2, -0.15) is 0 Å². The number of fused-ring (bicyclic) bond motifs is 1. The van der Waals surface area contributed by atoms with E-state index in [2.05, 4.69) is 27.3 Å². The maximum absolute atomic E-state index is 12.2. The number of carbonyl (C=O) groups excluding carboxylic acids is 1. The fourth-order valence-corrected chi connectivity index (χ4v) is 2.86. The summed E-state index contributed by atoms with van der Waals surface area (Å²) in [5.74, 6) is 0. The summed E-state index contributed by atoms with van der Waals surface area (Å²) >= 11 is 3.43. The third-order valence-corrected chi connectivity index (χ3v) is 3.96. The van der Waals surface area contributed by atoms with Crippen LogP contribution < -0.4 is 10.2 Å². The Morgan fingerprint density at radius 2 is 2.05 bits per heavy atom. The van der Waals surface area contributed by atoms with Gasteiger partial charge < -0.3 is 5.32 Å². The van der Waals surface area contributed by atoms with Crippen LogP contribution in [0.1, 0.15) is 11.1 Å². The zero-order chi connectivity index (χ0) is 14.7. The molecule has 1 N–H and O–H groups in total. The van der Waals surface area contributed by atoms with Crippen molar-refractivity contribution < 1.29 is 4.79 Å². The number of nitrogens with one attached hydrogen (secondary N) is 1. The number of hydrogen-bond donors (Lipinski definition) is 1. The Bertz CT molecular complexity index is 697. The molecule has 0 radical (unpaired) electrons. The highest BCUT2D eigenvalue weighted by molar-refractivity contribution is 9.10. The van der Waals surface area contributed by atoms with Crippen LogP contribution in [0.2, 0.25) is 0 Å². The Balaban J connectivity index is 1.65. The fourth-order valence-electron chi connectivity index (χ4n) is 2.45. The number of urea groups is 1. The number of carbonyl (C=O) groups is 1. The number of nitrogens with zero attached hydrogens (tertiary/aromatic N) is 1.